The second-order valence-corrected chi connectivity index (χ2v) is 3.59. The van der Waals surface area contributed by atoms with E-state index >= 15 is 0 Å². The summed E-state index contributed by atoms with van der Waals surface area (Å²) < 4.78 is 13.9. The lowest BCUT2D eigenvalue weighted by atomic mass is 10.2. The van der Waals surface area contributed by atoms with Gasteiger partial charge < -0.3 is 0 Å². The van der Waals surface area contributed by atoms with Crippen molar-refractivity contribution in [3.63, 3.8) is 0 Å². The summed E-state index contributed by atoms with van der Waals surface area (Å²) >= 11 is 3.19. The third-order valence-corrected chi connectivity index (χ3v) is 2.02. The van der Waals surface area contributed by atoms with Gasteiger partial charge in [0.05, 0.1) is 5.56 Å². The molecule has 68 valence electrons. The number of unbranched alkanes of at least 4 members (excludes halogenated alkanes) is 1. The van der Waals surface area contributed by atoms with Crippen molar-refractivity contribution in [3.8, 4) is 11.8 Å². The summed E-state index contributed by atoms with van der Waals surface area (Å²) in [5.41, 5.74) is 0.469. The quantitative estimate of drug-likeness (QED) is 0.657. The Balaban J connectivity index is 2.85. The Bertz CT molecular complexity index is 347. The average Bonchev–Trinajstić information content (AvgIpc) is 2.09. The monoisotopic (exact) mass is 240 g/mol. The minimum absolute atomic E-state index is 0.266. The van der Waals surface area contributed by atoms with Crippen LogP contribution in [0, 0.1) is 17.7 Å². The smallest absolute Gasteiger partial charge is 0.139 e. The van der Waals surface area contributed by atoms with Crippen LogP contribution in [0.2, 0.25) is 0 Å². The Morgan fingerprint density at radius 1 is 1.46 bits per heavy atom. The Labute approximate surface area is 86.3 Å². The maximum absolute atomic E-state index is 13.1. The second kappa shape index (κ2) is 5.04. The van der Waals surface area contributed by atoms with Crippen molar-refractivity contribution in [2.45, 2.75) is 19.8 Å². The molecule has 0 aliphatic heterocycles. The van der Waals surface area contributed by atoms with Crippen molar-refractivity contribution in [2.24, 2.45) is 0 Å². The zero-order chi connectivity index (χ0) is 9.68. The van der Waals surface area contributed by atoms with E-state index in [2.05, 4.69) is 27.8 Å². The van der Waals surface area contributed by atoms with Gasteiger partial charge in [0.2, 0.25) is 0 Å². The summed E-state index contributed by atoms with van der Waals surface area (Å²) in [4.78, 5) is 0. The lowest BCUT2D eigenvalue weighted by Gasteiger charge is -1.94. The van der Waals surface area contributed by atoms with Gasteiger partial charge >= 0.3 is 0 Å². The SMILES string of the molecule is CCCC#Cc1ccc(Br)cc1F. The van der Waals surface area contributed by atoms with Gasteiger partial charge in [-0.15, -0.1) is 0 Å². The van der Waals surface area contributed by atoms with Gasteiger partial charge in [-0.2, -0.15) is 0 Å². The molecule has 0 unspecified atom stereocenters. The van der Waals surface area contributed by atoms with E-state index in [4.69, 9.17) is 0 Å². The number of benzene rings is 1. The van der Waals surface area contributed by atoms with Crippen LogP contribution in [0.3, 0.4) is 0 Å². The van der Waals surface area contributed by atoms with E-state index in [1.54, 1.807) is 12.1 Å². The normalized spacial score (nSPS) is 9.15. The Morgan fingerprint density at radius 2 is 2.23 bits per heavy atom. The predicted octanol–water partition coefficient (Wildman–Crippen LogP) is 3.74. The standard InChI is InChI=1S/C11H10BrF/c1-2-3-4-5-9-6-7-10(12)8-11(9)13/h6-8H,2-3H2,1H3. The van der Waals surface area contributed by atoms with Gasteiger partial charge in [-0.1, -0.05) is 34.7 Å². The lowest BCUT2D eigenvalue weighted by molar-refractivity contribution is 0.623. The average molecular weight is 241 g/mol. The first-order valence-electron chi connectivity index (χ1n) is 4.18. The first kappa shape index (κ1) is 10.3. The van der Waals surface area contributed by atoms with Gasteiger partial charge in [0, 0.05) is 10.9 Å². The van der Waals surface area contributed by atoms with E-state index in [0.29, 0.717) is 5.56 Å². The summed E-state index contributed by atoms with van der Waals surface area (Å²) in [6.07, 6.45) is 1.82. The summed E-state index contributed by atoms with van der Waals surface area (Å²) in [7, 11) is 0. The van der Waals surface area contributed by atoms with Gasteiger partial charge in [-0.3, -0.25) is 0 Å². The molecule has 1 rings (SSSR count). The molecule has 0 N–H and O–H groups in total. The van der Waals surface area contributed by atoms with Crippen LogP contribution >= 0.6 is 15.9 Å². The molecule has 0 heterocycles. The molecule has 1 aromatic carbocycles. The molecule has 0 fully saturated rings. The largest absolute Gasteiger partial charge is 0.206 e. The van der Waals surface area contributed by atoms with Crippen LogP contribution in [0.1, 0.15) is 25.3 Å². The van der Waals surface area contributed by atoms with Crippen molar-refractivity contribution < 1.29 is 4.39 Å². The fourth-order valence-corrected chi connectivity index (χ4v) is 1.21. The molecule has 0 radical (unpaired) electrons. The molecular weight excluding hydrogens is 231 g/mol. The fraction of sp³-hybridized carbons (Fsp3) is 0.273. The van der Waals surface area contributed by atoms with Gasteiger partial charge in [-0.05, 0) is 24.6 Å². The van der Waals surface area contributed by atoms with Crippen LogP contribution in [0.15, 0.2) is 22.7 Å². The van der Waals surface area contributed by atoms with Crippen LogP contribution in [0.5, 0.6) is 0 Å². The summed E-state index contributed by atoms with van der Waals surface area (Å²) in [5.74, 6) is 5.44. The third kappa shape index (κ3) is 3.20. The Morgan fingerprint density at radius 3 is 2.85 bits per heavy atom. The van der Waals surface area contributed by atoms with Crippen molar-refractivity contribution in [1.82, 2.24) is 0 Å². The van der Waals surface area contributed by atoms with E-state index in [0.717, 1.165) is 17.3 Å². The first-order valence-corrected chi connectivity index (χ1v) is 4.97. The molecule has 0 aliphatic carbocycles. The zero-order valence-corrected chi connectivity index (χ0v) is 8.99. The van der Waals surface area contributed by atoms with Crippen LogP contribution < -0.4 is 0 Å². The van der Waals surface area contributed by atoms with Crippen LogP contribution in [0.25, 0.3) is 0 Å². The molecule has 0 amide bonds. The molecule has 0 spiro atoms. The molecule has 1 aromatic rings. The highest BCUT2D eigenvalue weighted by molar-refractivity contribution is 9.10. The predicted molar refractivity (Wildman–Crippen MR) is 55.9 cm³/mol. The number of hydrogen-bond acceptors (Lipinski definition) is 0. The molecule has 0 nitrogen and oxygen atoms in total. The van der Waals surface area contributed by atoms with Crippen molar-refractivity contribution >= 4 is 15.9 Å². The maximum atomic E-state index is 13.1. The van der Waals surface area contributed by atoms with Crippen molar-refractivity contribution in [2.75, 3.05) is 0 Å². The third-order valence-electron chi connectivity index (χ3n) is 1.53. The highest BCUT2D eigenvalue weighted by atomic mass is 79.9. The Hall–Kier alpha value is -0.810. The Kier molecular flexibility index (Phi) is 3.98. The number of rotatable bonds is 1. The van der Waals surface area contributed by atoms with E-state index < -0.39 is 0 Å². The van der Waals surface area contributed by atoms with E-state index in [1.165, 1.54) is 6.07 Å². The molecule has 0 saturated heterocycles. The lowest BCUT2D eigenvalue weighted by Crippen LogP contribution is -1.82. The van der Waals surface area contributed by atoms with E-state index in [9.17, 15) is 4.39 Å². The number of halogens is 2. The molecule has 0 saturated carbocycles. The minimum atomic E-state index is -0.266. The summed E-state index contributed by atoms with van der Waals surface area (Å²) in [6, 6.07) is 4.90. The molecule has 0 aliphatic rings. The van der Waals surface area contributed by atoms with Crippen LogP contribution in [0.4, 0.5) is 4.39 Å². The van der Waals surface area contributed by atoms with E-state index in [-0.39, 0.29) is 5.82 Å². The van der Waals surface area contributed by atoms with Gasteiger partial charge in [0.25, 0.3) is 0 Å². The van der Waals surface area contributed by atoms with Gasteiger partial charge in [-0.25, -0.2) is 4.39 Å². The maximum Gasteiger partial charge on any atom is 0.139 e. The highest BCUT2D eigenvalue weighted by Gasteiger charge is 1.97. The molecular formula is C11H10BrF. The van der Waals surface area contributed by atoms with Crippen molar-refractivity contribution in [3.05, 3.63) is 34.1 Å². The molecule has 0 aromatic heterocycles. The van der Waals surface area contributed by atoms with Gasteiger partial charge in [0.1, 0.15) is 5.82 Å². The molecule has 0 atom stereocenters. The molecule has 13 heavy (non-hydrogen) atoms. The highest BCUT2D eigenvalue weighted by Crippen LogP contribution is 2.14. The van der Waals surface area contributed by atoms with Crippen LogP contribution in [-0.2, 0) is 0 Å². The molecule has 2 heteroatoms. The first-order chi connectivity index (χ1) is 6.24. The summed E-state index contributed by atoms with van der Waals surface area (Å²) in [6.45, 7) is 2.05. The minimum Gasteiger partial charge on any atom is -0.206 e. The second-order valence-electron chi connectivity index (χ2n) is 2.68. The topological polar surface area (TPSA) is 0 Å². The van der Waals surface area contributed by atoms with Crippen LogP contribution in [-0.4, -0.2) is 0 Å². The number of hydrogen-bond donors (Lipinski definition) is 0. The zero-order valence-electron chi connectivity index (χ0n) is 7.40. The summed E-state index contributed by atoms with van der Waals surface area (Å²) in [5, 5.41) is 0. The fourth-order valence-electron chi connectivity index (χ4n) is 0.874. The van der Waals surface area contributed by atoms with Gasteiger partial charge in [0.15, 0.2) is 0 Å². The van der Waals surface area contributed by atoms with E-state index in [1.807, 2.05) is 6.92 Å². The van der Waals surface area contributed by atoms with Crippen molar-refractivity contribution in [1.29, 1.82) is 0 Å². The molecule has 0 bridgehead atoms.